The van der Waals surface area contributed by atoms with Crippen molar-refractivity contribution in [1.82, 2.24) is 5.32 Å². The lowest BCUT2D eigenvalue weighted by molar-refractivity contribution is 0.0596. The van der Waals surface area contributed by atoms with Crippen molar-refractivity contribution in [3.05, 3.63) is 70.8 Å². The lowest BCUT2D eigenvalue weighted by Gasteiger charge is -2.13. The average Bonchev–Trinajstić information content (AvgIpc) is 2.96. The molecule has 4 heteroatoms. The number of hydrogen-bond donors (Lipinski definition) is 1. The number of rotatable bonds is 3. The zero-order valence-corrected chi connectivity index (χ0v) is 12.3. The minimum Gasteiger partial charge on any atom is -0.465 e. The zero-order chi connectivity index (χ0) is 15.5. The van der Waals surface area contributed by atoms with Gasteiger partial charge in [0.15, 0.2) is 0 Å². The first-order chi connectivity index (χ1) is 10.7. The molecule has 0 saturated carbocycles. The Labute approximate surface area is 129 Å². The largest absolute Gasteiger partial charge is 0.465 e. The van der Waals surface area contributed by atoms with Crippen molar-refractivity contribution < 1.29 is 14.3 Å². The molecular formula is C18H17NO3. The average molecular weight is 295 g/mol. The summed E-state index contributed by atoms with van der Waals surface area (Å²) in [4.78, 5) is 24.2. The van der Waals surface area contributed by atoms with Crippen LogP contribution >= 0.6 is 0 Å². The van der Waals surface area contributed by atoms with E-state index in [0.29, 0.717) is 5.56 Å². The van der Waals surface area contributed by atoms with Crippen molar-refractivity contribution >= 4 is 11.9 Å². The molecule has 0 aliphatic heterocycles. The van der Waals surface area contributed by atoms with Gasteiger partial charge >= 0.3 is 5.97 Å². The van der Waals surface area contributed by atoms with E-state index in [-0.39, 0.29) is 17.5 Å². The van der Waals surface area contributed by atoms with Gasteiger partial charge in [-0.3, -0.25) is 4.79 Å². The lowest BCUT2D eigenvalue weighted by atomic mass is 10.1. The number of esters is 1. The number of benzene rings is 2. The van der Waals surface area contributed by atoms with Crippen molar-refractivity contribution in [2.75, 3.05) is 7.11 Å². The second-order valence-electron chi connectivity index (χ2n) is 5.38. The van der Waals surface area contributed by atoms with Gasteiger partial charge in [0.1, 0.15) is 0 Å². The molecule has 0 fully saturated rings. The number of hydrogen-bond acceptors (Lipinski definition) is 3. The summed E-state index contributed by atoms with van der Waals surface area (Å²) in [6, 6.07) is 15.0. The summed E-state index contributed by atoms with van der Waals surface area (Å²) in [7, 11) is 1.31. The molecule has 3 rings (SSSR count). The summed E-state index contributed by atoms with van der Waals surface area (Å²) in [6.45, 7) is 0. The van der Waals surface area contributed by atoms with Crippen LogP contribution in [-0.4, -0.2) is 25.0 Å². The number of nitrogens with one attached hydrogen (secondary N) is 1. The molecule has 2 aromatic rings. The Balaban J connectivity index is 1.75. The predicted molar refractivity (Wildman–Crippen MR) is 82.9 cm³/mol. The Morgan fingerprint density at radius 1 is 0.955 bits per heavy atom. The second-order valence-corrected chi connectivity index (χ2v) is 5.38. The van der Waals surface area contributed by atoms with E-state index in [0.717, 1.165) is 12.8 Å². The van der Waals surface area contributed by atoms with Crippen LogP contribution in [0.25, 0.3) is 0 Å². The summed E-state index contributed by atoms with van der Waals surface area (Å²) in [5, 5.41) is 3.01. The fourth-order valence-corrected chi connectivity index (χ4v) is 2.89. The van der Waals surface area contributed by atoms with E-state index in [9.17, 15) is 9.59 Å². The maximum absolute atomic E-state index is 12.5. The molecule has 0 bridgehead atoms. The third-order valence-corrected chi connectivity index (χ3v) is 3.96. The van der Waals surface area contributed by atoms with E-state index >= 15 is 0 Å². The van der Waals surface area contributed by atoms with Crippen LogP contribution in [0.4, 0.5) is 0 Å². The predicted octanol–water partition coefficient (Wildman–Crippen LogP) is 2.37. The van der Waals surface area contributed by atoms with E-state index < -0.39 is 5.97 Å². The van der Waals surface area contributed by atoms with Crippen LogP contribution < -0.4 is 5.32 Å². The van der Waals surface area contributed by atoms with E-state index in [1.165, 1.54) is 18.2 Å². The van der Waals surface area contributed by atoms with Crippen LogP contribution in [0, 0.1) is 0 Å². The minimum absolute atomic E-state index is 0.0654. The lowest BCUT2D eigenvalue weighted by Crippen LogP contribution is -2.36. The third-order valence-electron chi connectivity index (χ3n) is 3.96. The fourth-order valence-electron chi connectivity index (χ4n) is 2.89. The molecule has 1 amide bonds. The van der Waals surface area contributed by atoms with Gasteiger partial charge in [-0.2, -0.15) is 0 Å². The number of methoxy groups -OCH3 is 1. The molecule has 112 valence electrons. The molecule has 1 N–H and O–H groups in total. The van der Waals surface area contributed by atoms with Gasteiger partial charge in [0.2, 0.25) is 0 Å². The summed E-state index contributed by atoms with van der Waals surface area (Å²) < 4.78 is 4.73. The number of amides is 1. The summed E-state index contributed by atoms with van der Waals surface area (Å²) in [5.41, 5.74) is 3.19. The molecule has 0 heterocycles. The highest BCUT2D eigenvalue weighted by Crippen LogP contribution is 2.22. The van der Waals surface area contributed by atoms with Gasteiger partial charge in [0.05, 0.1) is 18.2 Å². The first-order valence-corrected chi connectivity index (χ1v) is 7.24. The van der Waals surface area contributed by atoms with E-state index in [2.05, 4.69) is 17.4 Å². The zero-order valence-electron chi connectivity index (χ0n) is 12.3. The van der Waals surface area contributed by atoms with Gasteiger partial charge in [-0.25, -0.2) is 4.79 Å². The van der Waals surface area contributed by atoms with Gasteiger partial charge in [0.25, 0.3) is 5.91 Å². The molecule has 2 aromatic carbocycles. The van der Waals surface area contributed by atoms with Crippen LogP contribution in [0.2, 0.25) is 0 Å². The molecule has 0 atom stereocenters. The van der Waals surface area contributed by atoms with Gasteiger partial charge in [-0.1, -0.05) is 36.4 Å². The molecule has 1 aliphatic rings. The number of carbonyl (C=O) groups excluding carboxylic acids is 2. The molecule has 0 radical (unpaired) electrons. The Kier molecular flexibility index (Phi) is 3.92. The highest BCUT2D eigenvalue weighted by atomic mass is 16.5. The van der Waals surface area contributed by atoms with Crippen LogP contribution in [0.5, 0.6) is 0 Å². The van der Waals surface area contributed by atoms with Crippen molar-refractivity contribution in [2.24, 2.45) is 0 Å². The molecule has 1 aliphatic carbocycles. The quantitative estimate of drug-likeness (QED) is 0.885. The maximum atomic E-state index is 12.5. The molecule has 0 unspecified atom stereocenters. The van der Waals surface area contributed by atoms with Crippen molar-refractivity contribution in [3.8, 4) is 0 Å². The van der Waals surface area contributed by atoms with Crippen molar-refractivity contribution in [2.45, 2.75) is 18.9 Å². The first kappa shape index (κ1) is 14.3. The number of fused-ring (bicyclic) bond motifs is 1. The topological polar surface area (TPSA) is 55.4 Å². The normalized spacial score (nSPS) is 13.5. The Bertz CT molecular complexity index is 699. The number of ether oxygens (including phenoxy) is 1. The number of carbonyl (C=O) groups is 2. The van der Waals surface area contributed by atoms with Crippen LogP contribution in [0.1, 0.15) is 31.8 Å². The van der Waals surface area contributed by atoms with Gasteiger partial charge in [-0.05, 0) is 36.1 Å². The first-order valence-electron chi connectivity index (χ1n) is 7.24. The summed E-state index contributed by atoms with van der Waals surface area (Å²) >= 11 is 0. The van der Waals surface area contributed by atoms with E-state index in [4.69, 9.17) is 4.74 Å². The molecule has 0 aromatic heterocycles. The van der Waals surface area contributed by atoms with Crippen LogP contribution in [0.3, 0.4) is 0 Å². The maximum Gasteiger partial charge on any atom is 0.338 e. The van der Waals surface area contributed by atoms with Crippen molar-refractivity contribution in [1.29, 1.82) is 0 Å². The Hall–Kier alpha value is -2.62. The standard InChI is InChI=1S/C18H17NO3/c1-22-18(21)16-9-5-4-8-15(16)17(20)19-14-10-12-6-2-3-7-13(12)11-14/h2-9,14H,10-11H2,1H3,(H,19,20). The summed E-state index contributed by atoms with van der Waals surface area (Å²) in [6.07, 6.45) is 1.64. The molecular weight excluding hydrogens is 278 g/mol. The molecule has 22 heavy (non-hydrogen) atoms. The van der Waals surface area contributed by atoms with Crippen molar-refractivity contribution in [3.63, 3.8) is 0 Å². The van der Waals surface area contributed by atoms with E-state index in [1.54, 1.807) is 24.3 Å². The second kappa shape index (κ2) is 6.02. The minimum atomic E-state index is -0.500. The third kappa shape index (κ3) is 2.72. The molecule has 0 spiro atoms. The van der Waals surface area contributed by atoms with Crippen LogP contribution in [0.15, 0.2) is 48.5 Å². The van der Waals surface area contributed by atoms with Gasteiger partial charge < -0.3 is 10.1 Å². The highest BCUT2D eigenvalue weighted by Gasteiger charge is 2.24. The molecule has 0 saturated heterocycles. The smallest absolute Gasteiger partial charge is 0.338 e. The molecule has 4 nitrogen and oxygen atoms in total. The Morgan fingerprint density at radius 2 is 1.50 bits per heavy atom. The monoisotopic (exact) mass is 295 g/mol. The van der Waals surface area contributed by atoms with E-state index in [1.807, 2.05) is 12.1 Å². The highest BCUT2D eigenvalue weighted by molar-refractivity contribution is 6.05. The van der Waals surface area contributed by atoms with Gasteiger partial charge in [-0.15, -0.1) is 0 Å². The SMILES string of the molecule is COC(=O)c1ccccc1C(=O)NC1Cc2ccccc2C1. The Morgan fingerprint density at radius 3 is 2.09 bits per heavy atom. The fraction of sp³-hybridized carbons (Fsp3) is 0.222. The van der Waals surface area contributed by atoms with Crippen LogP contribution in [-0.2, 0) is 17.6 Å². The summed E-state index contributed by atoms with van der Waals surface area (Å²) in [5.74, 6) is -0.737. The van der Waals surface area contributed by atoms with Gasteiger partial charge in [0, 0.05) is 6.04 Å².